The molecule has 1 aromatic carbocycles. The van der Waals surface area contributed by atoms with Crippen molar-refractivity contribution in [3.8, 4) is 17.0 Å². The van der Waals surface area contributed by atoms with Crippen LogP contribution < -0.4 is 4.74 Å². The number of benzene rings is 1. The molecule has 0 unspecified atom stereocenters. The Morgan fingerprint density at radius 2 is 2.04 bits per heavy atom. The molecule has 0 amide bonds. The van der Waals surface area contributed by atoms with Gasteiger partial charge in [0.1, 0.15) is 16.6 Å². The lowest BCUT2D eigenvalue weighted by Crippen LogP contribution is -2.33. The highest BCUT2D eigenvalue weighted by atomic mass is 32.1. The third kappa shape index (κ3) is 2.87. The molecule has 6 heteroatoms. The number of aromatic nitrogens is 3. The first-order chi connectivity index (χ1) is 11.3. The topological polar surface area (TPSA) is 43.2 Å². The first kappa shape index (κ1) is 14.4. The molecule has 118 valence electrons. The van der Waals surface area contributed by atoms with Crippen LogP contribution in [0.2, 0.25) is 0 Å². The van der Waals surface area contributed by atoms with Gasteiger partial charge >= 0.3 is 0 Å². The SMILES string of the molecule is COc1ccc(-c2cnc3n2CCN(Cc2nccs2)C3)cc1. The molecule has 1 aliphatic heterocycles. The third-order valence-electron chi connectivity index (χ3n) is 4.17. The highest BCUT2D eigenvalue weighted by molar-refractivity contribution is 7.09. The zero-order valence-corrected chi connectivity index (χ0v) is 13.8. The van der Waals surface area contributed by atoms with Crippen molar-refractivity contribution in [3.63, 3.8) is 0 Å². The molecule has 0 radical (unpaired) electrons. The summed E-state index contributed by atoms with van der Waals surface area (Å²) >= 11 is 1.71. The van der Waals surface area contributed by atoms with Crippen molar-refractivity contribution in [1.82, 2.24) is 19.4 Å². The van der Waals surface area contributed by atoms with Gasteiger partial charge in [-0.3, -0.25) is 4.90 Å². The number of ether oxygens (including phenoxy) is 1. The summed E-state index contributed by atoms with van der Waals surface area (Å²) in [6, 6.07) is 8.16. The standard InChI is InChI=1S/C17H18N4OS/c1-22-14-4-2-13(3-5-14)15-10-19-16-11-20(7-8-21(15)16)12-17-18-6-9-23-17/h2-6,9-10H,7-8,11-12H2,1H3. The van der Waals surface area contributed by atoms with Gasteiger partial charge in [0.15, 0.2) is 0 Å². The summed E-state index contributed by atoms with van der Waals surface area (Å²) in [6.45, 7) is 3.76. The second-order valence-corrected chi connectivity index (χ2v) is 6.56. The molecule has 23 heavy (non-hydrogen) atoms. The fourth-order valence-corrected chi connectivity index (χ4v) is 3.62. The van der Waals surface area contributed by atoms with Gasteiger partial charge in [-0.15, -0.1) is 11.3 Å². The maximum Gasteiger partial charge on any atom is 0.123 e. The number of hydrogen-bond acceptors (Lipinski definition) is 5. The average molecular weight is 326 g/mol. The van der Waals surface area contributed by atoms with Crippen LogP contribution in [0.15, 0.2) is 42.0 Å². The van der Waals surface area contributed by atoms with E-state index in [4.69, 9.17) is 4.74 Å². The number of methoxy groups -OCH3 is 1. The molecule has 0 N–H and O–H groups in total. The van der Waals surface area contributed by atoms with Crippen LogP contribution in [0.1, 0.15) is 10.8 Å². The molecule has 4 rings (SSSR count). The minimum atomic E-state index is 0.871. The Labute approximate surface area is 139 Å². The van der Waals surface area contributed by atoms with Crippen molar-refractivity contribution in [3.05, 3.63) is 52.9 Å². The van der Waals surface area contributed by atoms with Gasteiger partial charge in [0.25, 0.3) is 0 Å². The van der Waals surface area contributed by atoms with Crippen molar-refractivity contribution in [1.29, 1.82) is 0 Å². The van der Waals surface area contributed by atoms with Gasteiger partial charge in [-0.25, -0.2) is 9.97 Å². The van der Waals surface area contributed by atoms with E-state index in [0.717, 1.165) is 37.8 Å². The van der Waals surface area contributed by atoms with E-state index in [1.165, 1.54) is 16.3 Å². The molecule has 0 saturated carbocycles. The normalized spacial score (nSPS) is 14.7. The van der Waals surface area contributed by atoms with E-state index < -0.39 is 0 Å². The number of nitrogens with zero attached hydrogens (tertiary/aromatic N) is 4. The monoisotopic (exact) mass is 326 g/mol. The lowest BCUT2D eigenvalue weighted by atomic mass is 10.1. The highest BCUT2D eigenvalue weighted by Gasteiger charge is 2.21. The Bertz CT molecular complexity index is 780. The van der Waals surface area contributed by atoms with E-state index >= 15 is 0 Å². The second-order valence-electron chi connectivity index (χ2n) is 5.58. The smallest absolute Gasteiger partial charge is 0.123 e. The predicted molar refractivity (Wildman–Crippen MR) is 90.4 cm³/mol. The molecule has 0 bridgehead atoms. The van der Waals surface area contributed by atoms with Crippen molar-refractivity contribution in [2.75, 3.05) is 13.7 Å². The van der Waals surface area contributed by atoms with Gasteiger partial charge in [0.05, 0.1) is 32.1 Å². The van der Waals surface area contributed by atoms with E-state index in [0.29, 0.717) is 0 Å². The molecule has 0 saturated heterocycles. The van der Waals surface area contributed by atoms with Crippen LogP contribution in [0.5, 0.6) is 5.75 Å². The van der Waals surface area contributed by atoms with Gasteiger partial charge in [-0.1, -0.05) is 0 Å². The van der Waals surface area contributed by atoms with Crippen LogP contribution in [0.25, 0.3) is 11.3 Å². The molecule has 0 atom stereocenters. The van der Waals surface area contributed by atoms with Crippen LogP contribution in [-0.2, 0) is 19.6 Å². The number of rotatable bonds is 4. The maximum absolute atomic E-state index is 5.23. The van der Waals surface area contributed by atoms with Gasteiger partial charge in [0, 0.05) is 30.2 Å². The molecule has 0 fully saturated rings. The first-order valence-corrected chi connectivity index (χ1v) is 8.51. The van der Waals surface area contributed by atoms with Gasteiger partial charge in [-0.2, -0.15) is 0 Å². The van der Waals surface area contributed by atoms with Crippen LogP contribution in [0.4, 0.5) is 0 Å². The number of hydrogen-bond donors (Lipinski definition) is 0. The van der Waals surface area contributed by atoms with Crippen molar-refractivity contribution in [2.45, 2.75) is 19.6 Å². The Kier molecular flexibility index (Phi) is 3.85. The van der Waals surface area contributed by atoms with E-state index in [2.05, 4.69) is 31.6 Å². The Morgan fingerprint density at radius 1 is 1.17 bits per heavy atom. The fraction of sp³-hybridized carbons (Fsp3) is 0.294. The molecule has 5 nitrogen and oxygen atoms in total. The average Bonchev–Trinajstić information content (AvgIpc) is 3.24. The van der Waals surface area contributed by atoms with Gasteiger partial charge < -0.3 is 9.30 Å². The zero-order valence-electron chi connectivity index (χ0n) is 13.0. The van der Waals surface area contributed by atoms with Crippen LogP contribution >= 0.6 is 11.3 Å². The molecule has 0 aliphatic carbocycles. The fourth-order valence-electron chi connectivity index (χ4n) is 2.96. The molecule has 1 aliphatic rings. The summed E-state index contributed by atoms with van der Waals surface area (Å²) in [6.07, 6.45) is 3.84. The van der Waals surface area contributed by atoms with Crippen LogP contribution in [0.3, 0.4) is 0 Å². The quantitative estimate of drug-likeness (QED) is 0.739. The van der Waals surface area contributed by atoms with Crippen molar-refractivity contribution >= 4 is 11.3 Å². The molecule has 2 aromatic heterocycles. The van der Waals surface area contributed by atoms with Gasteiger partial charge in [0.2, 0.25) is 0 Å². The van der Waals surface area contributed by atoms with E-state index in [-0.39, 0.29) is 0 Å². The molecular weight excluding hydrogens is 308 g/mol. The second kappa shape index (κ2) is 6.14. The first-order valence-electron chi connectivity index (χ1n) is 7.63. The zero-order chi connectivity index (χ0) is 15.6. The molecule has 3 aromatic rings. The largest absolute Gasteiger partial charge is 0.497 e. The summed E-state index contributed by atoms with van der Waals surface area (Å²) in [5, 5.41) is 3.20. The molecular formula is C17H18N4OS. The lowest BCUT2D eigenvalue weighted by Gasteiger charge is -2.27. The van der Waals surface area contributed by atoms with E-state index in [1.54, 1.807) is 18.4 Å². The number of imidazole rings is 1. The summed E-state index contributed by atoms with van der Waals surface area (Å²) in [5.41, 5.74) is 2.36. The van der Waals surface area contributed by atoms with Gasteiger partial charge in [-0.05, 0) is 24.3 Å². The summed E-state index contributed by atoms with van der Waals surface area (Å²) in [7, 11) is 1.69. The number of fused-ring (bicyclic) bond motifs is 1. The molecule has 3 heterocycles. The minimum Gasteiger partial charge on any atom is -0.497 e. The lowest BCUT2D eigenvalue weighted by molar-refractivity contribution is 0.209. The van der Waals surface area contributed by atoms with Crippen molar-refractivity contribution < 1.29 is 4.74 Å². The Hall–Kier alpha value is -2.18. The number of thiazole rings is 1. The van der Waals surface area contributed by atoms with Crippen molar-refractivity contribution in [2.24, 2.45) is 0 Å². The Morgan fingerprint density at radius 3 is 2.78 bits per heavy atom. The predicted octanol–water partition coefficient (Wildman–Crippen LogP) is 3.03. The van der Waals surface area contributed by atoms with E-state index in [9.17, 15) is 0 Å². The van der Waals surface area contributed by atoms with Crippen LogP contribution in [0, 0.1) is 0 Å². The summed E-state index contributed by atoms with van der Waals surface area (Å²) < 4.78 is 7.55. The molecule has 0 spiro atoms. The maximum atomic E-state index is 5.23. The van der Waals surface area contributed by atoms with Crippen LogP contribution in [-0.4, -0.2) is 33.1 Å². The Balaban J connectivity index is 1.54. The van der Waals surface area contributed by atoms with E-state index in [1.807, 2.05) is 29.9 Å². The third-order valence-corrected chi connectivity index (χ3v) is 4.94. The summed E-state index contributed by atoms with van der Waals surface area (Å²) in [4.78, 5) is 11.4. The minimum absolute atomic E-state index is 0.871. The highest BCUT2D eigenvalue weighted by Crippen LogP contribution is 2.26. The summed E-state index contributed by atoms with van der Waals surface area (Å²) in [5.74, 6) is 2.00.